The van der Waals surface area contributed by atoms with Gasteiger partial charge >= 0.3 is 0 Å². The summed E-state index contributed by atoms with van der Waals surface area (Å²) in [6, 6.07) is 0. The van der Waals surface area contributed by atoms with Crippen molar-refractivity contribution in [3.05, 3.63) is 0 Å². The van der Waals surface area contributed by atoms with E-state index in [2.05, 4.69) is 13.8 Å². The smallest absolute Gasteiger partial charge is 0.132 e. The fourth-order valence-corrected chi connectivity index (χ4v) is 1.56. The number of rotatable bonds is 6. The molecule has 0 fully saturated rings. The average Bonchev–Trinajstić information content (AvgIpc) is 2.03. The third-order valence-corrected chi connectivity index (χ3v) is 2.66. The second-order valence-electron chi connectivity index (χ2n) is 3.81. The van der Waals surface area contributed by atoms with E-state index in [0.29, 0.717) is 5.78 Å². The molecule has 0 spiro atoms. The van der Waals surface area contributed by atoms with Crippen molar-refractivity contribution >= 4 is 5.78 Å². The first-order valence-electron chi connectivity index (χ1n) is 5.12. The highest BCUT2D eigenvalue weighted by Gasteiger charge is 2.13. The summed E-state index contributed by atoms with van der Waals surface area (Å²) in [5.41, 5.74) is 0. The molecule has 0 saturated carbocycles. The fraction of sp³-hybridized carbons (Fsp3) is 0.909. The van der Waals surface area contributed by atoms with Crippen LogP contribution in [0.5, 0.6) is 0 Å². The van der Waals surface area contributed by atoms with E-state index in [-0.39, 0.29) is 5.92 Å². The first kappa shape index (κ1) is 11.7. The zero-order valence-electron chi connectivity index (χ0n) is 8.89. The minimum absolute atomic E-state index is 0.265. The van der Waals surface area contributed by atoms with E-state index in [4.69, 9.17) is 0 Å². The van der Waals surface area contributed by atoms with Gasteiger partial charge < -0.3 is 0 Å². The molecule has 0 aromatic heterocycles. The molecular formula is C11H22O. The number of hydrogen-bond acceptors (Lipinski definition) is 1. The molecule has 0 radical (unpaired) electrons. The van der Waals surface area contributed by atoms with Crippen LogP contribution < -0.4 is 0 Å². The number of carbonyl (C=O) groups is 1. The van der Waals surface area contributed by atoms with Crippen LogP contribution in [0.1, 0.15) is 53.4 Å². The monoisotopic (exact) mass is 170 g/mol. The zero-order valence-corrected chi connectivity index (χ0v) is 8.89. The van der Waals surface area contributed by atoms with Crippen LogP contribution in [0.3, 0.4) is 0 Å². The second-order valence-corrected chi connectivity index (χ2v) is 3.81. The minimum atomic E-state index is 0.265. The summed E-state index contributed by atoms with van der Waals surface area (Å²) in [4.78, 5) is 11.0. The second kappa shape index (κ2) is 6.22. The molecule has 0 heterocycles. The van der Waals surface area contributed by atoms with Gasteiger partial charge in [-0.25, -0.2) is 0 Å². The molecular weight excluding hydrogens is 148 g/mol. The van der Waals surface area contributed by atoms with Crippen molar-refractivity contribution in [3.63, 3.8) is 0 Å². The Morgan fingerprint density at radius 2 is 1.92 bits per heavy atom. The molecule has 0 rings (SSSR count). The largest absolute Gasteiger partial charge is 0.300 e. The van der Waals surface area contributed by atoms with E-state index in [9.17, 15) is 4.79 Å². The molecule has 12 heavy (non-hydrogen) atoms. The third kappa shape index (κ3) is 4.53. The highest BCUT2D eigenvalue weighted by molar-refractivity contribution is 5.77. The summed E-state index contributed by atoms with van der Waals surface area (Å²) in [7, 11) is 0. The molecule has 0 aliphatic heterocycles. The Morgan fingerprint density at radius 1 is 1.33 bits per heavy atom. The Labute approximate surface area is 76.6 Å². The van der Waals surface area contributed by atoms with Crippen LogP contribution in [0, 0.1) is 11.8 Å². The molecule has 0 aromatic rings. The topological polar surface area (TPSA) is 17.1 Å². The summed E-state index contributed by atoms with van der Waals surface area (Å²) in [6.45, 7) is 8.16. The molecule has 0 bridgehead atoms. The summed E-state index contributed by atoms with van der Waals surface area (Å²) >= 11 is 0. The number of Topliss-reactive ketones (excluding diaryl/α,β-unsaturated/α-hetero) is 1. The first-order valence-corrected chi connectivity index (χ1v) is 5.12. The Hall–Kier alpha value is -0.330. The van der Waals surface area contributed by atoms with E-state index >= 15 is 0 Å². The van der Waals surface area contributed by atoms with E-state index < -0.39 is 0 Å². The number of ketones is 1. The van der Waals surface area contributed by atoms with E-state index in [1.807, 2.05) is 6.92 Å². The van der Waals surface area contributed by atoms with Crippen LogP contribution in [0.15, 0.2) is 0 Å². The molecule has 0 N–H and O–H groups in total. The van der Waals surface area contributed by atoms with Crippen molar-refractivity contribution in [1.29, 1.82) is 0 Å². The van der Waals surface area contributed by atoms with Crippen LogP contribution in [0.4, 0.5) is 0 Å². The van der Waals surface area contributed by atoms with Crippen molar-refractivity contribution in [2.75, 3.05) is 0 Å². The van der Waals surface area contributed by atoms with Crippen molar-refractivity contribution in [2.24, 2.45) is 11.8 Å². The Bertz CT molecular complexity index is 129. The number of carbonyl (C=O) groups excluding carboxylic acids is 1. The fourth-order valence-electron chi connectivity index (χ4n) is 1.56. The normalized spacial score (nSPS) is 15.7. The zero-order chi connectivity index (χ0) is 9.56. The molecule has 2 atom stereocenters. The van der Waals surface area contributed by atoms with Crippen LogP contribution in [0.25, 0.3) is 0 Å². The van der Waals surface area contributed by atoms with Gasteiger partial charge in [0.25, 0.3) is 0 Å². The number of hydrogen-bond donors (Lipinski definition) is 0. The van der Waals surface area contributed by atoms with Crippen LogP contribution in [-0.2, 0) is 4.79 Å². The molecule has 1 nitrogen and oxygen atoms in total. The lowest BCUT2D eigenvalue weighted by Gasteiger charge is -2.16. The summed E-state index contributed by atoms with van der Waals surface area (Å²) in [5, 5.41) is 0. The van der Waals surface area contributed by atoms with Gasteiger partial charge in [0.2, 0.25) is 0 Å². The van der Waals surface area contributed by atoms with Gasteiger partial charge in [0.15, 0.2) is 0 Å². The molecule has 0 amide bonds. The predicted octanol–water partition coefficient (Wildman–Crippen LogP) is 3.43. The summed E-state index contributed by atoms with van der Waals surface area (Å²) in [6.07, 6.45) is 4.81. The van der Waals surface area contributed by atoms with Crippen LogP contribution in [0.2, 0.25) is 0 Å². The quantitative estimate of drug-likeness (QED) is 0.597. The molecule has 1 heteroatoms. The maximum absolute atomic E-state index is 11.0. The molecule has 2 unspecified atom stereocenters. The first-order chi connectivity index (χ1) is 5.61. The maximum atomic E-state index is 11.0. The van der Waals surface area contributed by atoms with E-state index in [0.717, 1.165) is 12.3 Å². The lowest BCUT2D eigenvalue weighted by Crippen LogP contribution is -2.12. The van der Waals surface area contributed by atoms with Gasteiger partial charge in [0.1, 0.15) is 5.78 Å². The van der Waals surface area contributed by atoms with Crippen LogP contribution >= 0.6 is 0 Å². The molecule has 0 aliphatic rings. The SMILES string of the molecule is CCCC(CC)CC(C)C(C)=O. The van der Waals surface area contributed by atoms with Gasteiger partial charge in [-0.1, -0.05) is 40.0 Å². The van der Waals surface area contributed by atoms with Crippen molar-refractivity contribution < 1.29 is 4.79 Å². The Kier molecular flexibility index (Phi) is 6.04. The molecule has 0 aromatic carbocycles. The highest BCUT2D eigenvalue weighted by atomic mass is 16.1. The van der Waals surface area contributed by atoms with Gasteiger partial charge in [0.05, 0.1) is 0 Å². The predicted molar refractivity (Wildman–Crippen MR) is 53.2 cm³/mol. The minimum Gasteiger partial charge on any atom is -0.300 e. The lowest BCUT2D eigenvalue weighted by molar-refractivity contribution is -0.120. The van der Waals surface area contributed by atoms with Gasteiger partial charge in [-0.05, 0) is 19.3 Å². The van der Waals surface area contributed by atoms with E-state index in [1.165, 1.54) is 19.3 Å². The molecule has 72 valence electrons. The van der Waals surface area contributed by atoms with Gasteiger partial charge in [-0.2, -0.15) is 0 Å². The Morgan fingerprint density at radius 3 is 2.25 bits per heavy atom. The van der Waals surface area contributed by atoms with Gasteiger partial charge in [0, 0.05) is 5.92 Å². The summed E-state index contributed by atoms with van der Waals surface area (Å²) < 4.78 is 0. The lowest BCUT2D eigenvalue weighted by atomic mass is 9.88. The van der Waals surface area contributed by atoms with Crippen molar-refractivity contribution in [1.82, 2.24) is 0 Å². The van der Waals surface area contributed by atoms with Crippen molar-refractivity contribution in [3.8, 4) is 0 Å². The Balaban J connectivity index is 3.76. The van der Waals surface area contributed by atoms with Crippen LogP contribution in [-0.4, -0.2) is 5.78 Å². The average molecular weight is 170 g/mol. The maximum Gasteiger partial charge on any atom is 0.132 e. The summed E-state index contributed by atoms with van der Waals surface area (Å²) in [5.74, 6) is 1.36. The van der Waals surface area contributed by atoms with Crippen molar-refractivity contribution in [2.45, 2.75) is 53.4 Å². The van der Waals surface area contributed by atoms with E-state index in [1.54, 1.807) is 6.92 Å². The third-order valence-electron chi connectivity index (χ3n) is 2.66. The molecule has 0 saturated heterocycles. The van der Waals surface area contributed by atoms with Gasteiger partial charge in [-0.15, -0.1) is 0 Å². The standard InChI is InChI=1S/C11H22O/c1-5-7-11(6-2)8-9(3)10(4)12/h9,11H,5-8H2,1-4H3. The molecule has 0 aliphatic carbocycles. The highest BCUT2D eigenvalue weighted by Crippen LogP contribution is 2.20. The van der Waals surface area contributed by atoms with Gasteiger partial charge in [-0.3, -0.25) is 4.79 Å².